The van der Waals surface area contributed by atoms with Crippen LogP contribution in [-0.4, -0.2) is 57.1 Å². The third-order valence-corrected chi connectivity index (χ3v) is 5.26. The normalized spacial score (nSPS) is 26.4. The number of benzene rings is 1. The van der Waals surface area contributed by atoms with Gasteiger partial charge in [0, 0.05) is 24.9 Å². The minimum absolute atomic E-state index is 0.164. The third kappa shape index (κ3) is 3.94. The Labute approximate surface area is 155 Å². The SMILES string of the molecule is O=C(O)CCC(=O)N1C2CCC1C(C(=O)O)C(OC(=O)c1ccccc1)C2. The Hall–Kier alpha value is -2.90. The van der Waals surface area contributed by atoms with Gasteiger partial charge in [-0.25, -0.2) is 4.79 Å². The lowest BCUT2D eigenvalue weighted by Crippen LogP contribution is -2.56. The number of fused-ring (bicyclic) bond motifs is 2. The van der Waals surface area contributed by atoms with E-state index < -0.39 is 36.0 Å². The molecule has 3 rings (SSSR count). The van der Waals surface area contributed by atoms with E-state index in [9.17, 15) is 24.3 Å². The van der Waals surface area contributed by atoms with E-state index >= 15 is 0 Å². The lowest BCUT2D eigenvalue weighted by molar-refractivity contribution is -0.158. The van der Waals surface area contributed by atoms with Crippen LogP contribution >= 0.6 is 0 Å². The highest BCUT2D eigenvalue weighted by molar-refractivity contribution is 5.90. The molecule has 0 aliphatic carbocycles. The quantitative estimate of drug-likeness (QED) is 0.723. The smallest absolute Gasteiger partial charge is 0.338 e. The van der Waals surface area contributed by atoms with E-state index in [1.54, 1.807) is 30.3 Å². The van der Waals surface area contributed by atoms with Crippen LogP contribution in [0.2, 0.25) is 0 Å². The number of carboxylic acids is 2. The van der Waals surface area contributed by atoms with Crippen molar-refractivity contribution in [2.24, 2.45) is 5.92 Å². The summed E-state index contributed by atoms with van der Waals surface area (Å²) in [7, 11) is 0. The van der Waals surface area contributed by atoms with Gasteiger partial charge in [-0.1, -0.05) is 18.2 Å². The number of carbonyl (C=O) groups is 4. The minimum atomic E-state index is -1.12. The molecular formula is C19H21NO7. The van der Waals surface area contributed by atoms with Gasteiger partial charge in [-0.2, -0.15) is 0 Å². The number of carboxylic acid groups (broad SMARTS) is 2. The van der Waals surface area contributed by atoms with Gasteiger partial charge in [0.1, 0.15) is 12.0 Å². The molecule has 2 aliphatic rings. The molecule has 0 spiro atoms. The van der Waals surface area contributed by atoms with Crippen molar-refractivity contribution in [2.45, 2.75) is 50.3 Å². The van der Waals surface area contributed by atoms with Crippen molar-refractivity contribution in [1.29, 1.82) is 0 Å². The van der Waals surface area contributed by atoms with Gasteiger partial charge in [0.05, 0.1) is 12.0 Å². The number of rotatable bonds is 6. The van der Waals surface area contributed by atoms with Crippen LogP contribution in [0.5, 0.6) is 0 Å². The van der Waals surface area contributed by atoms with Gasteiger partial charge in [0.2, 0.25) is 5.91 Å². The number of aliphatic carboxylic acids is 2. The number of carbonyl (C=O) groups excluding carboxylic acids is 2. The molecule has 8 nitrogen and oxygen atoms in total. The van der Waals surface area contributed by atoms with Crippen LogP contribution in [0.15, 0.2) is 30.3 Å². The van der Waals surface area contributed by atoms with Gasteiger partial charge in [0.15, 0.2) is 0 Å². The summed E-state index contributed by atoms with van der Waals surface area (Å²) in [5.41, 5.74) is 0.342. The highest BCUT2D eigenvalue weighted by Crippen LogP contribution is 2.41. The first kappa shape index (κ1) is 18.9. The Bertz CT molecular complexity index is 748. The van der Waals surface area contributed by atoms with Crippen LogP contribution in [0.3, 0.4) is 0 Å². The standard InChI is InChI=1S/C19H21NO7/c21-15(8-9-16(22)23)20-12-6-7-13(20)17(18(24)25)14(10-12)27-19(26)11-4-2-1-3-5-11/h1-5,12-14,17H,6-10H2,(H,22,23)(H,24,25). The molecule has 1 amide bonds. The van der Waals surface area contributed by atoms with Crippen LogP contribution in [0.25, 0.3) is 0 Å². The second-order valence-corrected chi connectivity index (χ2v) is 6.90. The highest BCUT2D eigenvalue weighted by Gasteiger charge is 2.53. The first-order chi connectivity index (χ1) is 12.9. The Morgan fingerprint density at radius 2 is 1.74 bits per heavy atom. The lowest BCUT2D eigenvalue weighted by Gasteiger charge is -2.42. The predicted octanol–water partition coefficient (Wildman–Crippen LogP) is 1.54. The zero-order chi connectivity index (χ0) is 19.6. The molecule has 2 fully saturated rings. The molecule has 0 radical (unpaired) electrons. The fraction of sp³-hybridized carbons (Fsp3) is 0.474. The van der Waals surface area contributed by atoms with Crippen molar-refractivity contribution in [3.63, 3.8) is 0 Å². The maximum absolute atomic E-state index is 12.4. The van der Waals surface area contributed by atoms with Gasteiger partial charge in [0.25, 0.3) is 0 Å². The van der Waals surface area contributed by atoms with Crippen LogP contribution in [-0.2, 0) is 19.1 Å². The third-order valence-electron chi connectivity index (χ3n) is 5.26. The average Bonchev–Trinajstić information content (AvgIpc) is 2.94. The summed E-state index contributed by atoms with van der Waals surface area (Å²) in [4.78, 5) is 48.9. The number of esters is 1. The second-order valence-electron chi connectivity index (χ2n) is 6.90. The molecule has 2 N–H and O–H groups in total. The molecule has 4 atom stereocenters. The molecule has 27 heavy (non-hydrogen) atoms. The van der Waals surface area contributed by atoms with E-state index in [0.29, 0.717) is 18.4 Å². The van der Waals surface area contributed by atoms with Crippen LogP contribution in [0.1, 0.15) is 42.5 Å². The van der Waals surface area contributed by atoms with E-state index in [4.69, 9.17) is 9.84 Å². The topological polar surface area (TPSA) is 121 Å². The van der Waals surface area contributed by atoms with Crippen molar-refractivity contribution in [3.05, 3.63) is 35.9 Å². The molecule has 2 saturated heterocycles. The van der Waals surface area contributed by atoms with Crippen LogP contribution in [0.4, 0.5) is 0 Å². The number of piperidine rings is 1. The van der Waals surface area contributed by atoms with E-state index in [2.05, 4.69) is 0 Å². The summed E-state index contributed by atoms with van der Waals surface area (Å²) in [6, 6.07) is 7.51. The van der Waals surface area contributed by atoms with E-state index in [1.807, 2.05) is 0 Å². The predicted molar refractivity (Wildman–Crippen MR) is 91.9 cm³/mol. The Morgan fingerprint density at radius 1 is 1.04 bits per heavy atom. The van der Waals surface area contributed by atoms with Crippen molar-refractivity contribution < 1.29 is 34.1 Å². The van der Waals surface area contributed by atoms with Gasteiger partial charge in [-0.15, -0.1) is 0 Å². The zero-order valence-corrected chi connectivity index (χ0v) is 14.6. The number of ether oxygens (including phenoxy) is 1. The van der Waals surface area contributed by atoms with E-state index in [1.165, 1.54) is 4.90 Å². The zero-order valence-electron chi connectivity index (χ0n) is 14.6. The Morgan fingerprint density at radius 3 is 2.37 bits per heavy atom. The van der Waals surface area contributed by atoms with Crippen molar-refractivity contribution in [2.75, 3.05) is 0 Å². The van der Waals surface area contributed by atoms with E-state index in [-0.39, 0.29) is 31.2 Å². The fourth-order valence-corrected chi connectivity index (χ4v) is 4.11. The number of hydrogen-bond acceptors (Lipinski definition) is 5. The monoisotopic (exact) mass is 375 g/mol. The van der Waals surface area contributed by atoms with Gasteiger partial charge < -0.3 is 19.8 Å². The lowest BCUT2D eigenvalue weighted by atomic mass is 9.87. The molecule has 0 saturated carbocycles. The molecular weight excluding hydrogens is 354 g/mol. The van der Waals surface area contributed by atoms with Crippen molar-refractivity contribution in [3.8, 4) is 0 Å². The number of nitrogens with zero attached hydrogens (tertiary/aromatic N) is 1. The minimum Gasteiger partial charge on any atom is -0.481 e. The Balaban J connectivity index is 1.75. The number of hydrogen-bond donors (Lipinski definition) is 2. The summed E-state index contributed by atoms with van der Waals surface area (Å²) in [6.07, 6.45) is 0.0793. The fourth-order valence-electron chi connectivity index (χ4n) is 4.11. The summed E-state index contributed by atoms with van der Waals surface area (Å²) in [5.74, 6) is -4.16. The first-order valence-electron chi connectivity index (χ1n) is 8.90. The molecule has 4 unspecified atom stereocenters. The average molecular weight is 375 g/mol. The molecule has 1 aromatic rings. The number of amides is 1. The highest BCUT2D eigenvalue weighted by atomic mass is 16.5. The second kappa shape index (κ2) is 7.77. The molecule has 2 bridgehead atoms. The first-order valence-corrected chi connectivity index (χ1v) is 8.90. The van der Waals surface area contributed by atoms with Gasteiger partial charge in [-0.3, -0.25) is 14.4 Å². The van der Waals surface area contributed by atoms with E-state index in [0.717, 1.165) is 0 Å². The summed E-state index contributed by atoms with van der Waals surface area (Å²) < 4.78 is 5.51. The molecule has 2 heterocycles. The van der Waals surface area contributed by atoms with Crippen molar-refractivity contribution in [1.82, 2.24) is 4.90 Å². The largest absolute Gasteiger partial charge is 0.481 e. The molecule has 1 aromatic carbocycles. The van der Waals surface area contributed by atoms with Gasteiger partial charge >= 0.3 is 17.9 Å². The molecule has 8 heteroatoms. The summed E-state index contributed by atoms with van der Waals surface area (Å²) >= 11 is 0. The maximum atomic E-state index is 12.4. The Kier molecular flexibility index (Phi) is 5.43. The summed E-state index contributed by atoms with van der Waals surface area (Å²) in [5, 5.41) is 18.5. The van der Waals surface area contributed by atoms with Crippen molar-refractivity contribution >= 4 is 23.8 Å². The molecule has 0 aromatic heterocycles. The maximum Gasteiger partial charge on any atom is 0.338 e. The van der Waals surface area contributed by atoms with Gasteiger partial charge in [-0.05, 0) is 25.0 Å². The van der Waals surface area contributed by atoms with Crippen LogP contribution < -0.4 is 0 Å². The summed E-state index contributed by atoms with van der Waals surface area (Å²) in [6.45, 7) is 0. The molecule has 144 valence electrons. The van der Waals surface area contributed by atoms with Crippen LogP contribution in [0, 0.1) is 5.92 Å². The molecule has 2 aliphatic heterocycles.